The molecule has 6 heterocycles. The van der Waals surface area contributed by atoms with E-state index in [1.54, 1.807) is 0 Å². The summed E-state index contributed by atoms with van der Waals surface area (Å²) >= 11 is 0. The van der Waals surface area contributed by atoms with E-state index in [2.05, 4.69) is 95.7 Å². The van der Waals surface area contributed by atoms with Gasteiger partial charge in [-0.05, 0) is 127 Å². The Balaban J connectivity index is 1.45. The highest BCUT2D eigenvalue weighted by Gasteiger charge is 2.44. The van der Waals surface area contributed by atoms with Gasteiger partial charge in [-0.1, -0.05) is 52.0 Å². The van der Waals surface area contributed by atoms with Crippen LogP contribution < -0.4 is 0 Å². The summed E-state index contributed by atoms with van der Waals surface area (Å²) in [4.78, 5) is 18.3. The standard InChI is InChI=1S/C45H54N4O6/c1-9-28-22(5)32-17-36-30(11-3)24(7)40(48-36)39(27-15-13-26(14-16-27)21-54-45-44(53)43(52)42(51)38(20-50)55-45)41-25(8)31(12-4)37(49-41)18-33-23(6)29(10-2)35(47-33)19-34(28)46-32/h13-19,38,42-46,48,50-53H,9-12,20-21H2,1-8H3/t38-,42-,43+,44+,45+/m1/s1. The predicted molar refractivity (Wildman–Crippen MR) is 219 cm³/mol. The number of rotatable bonds is 9. The number of ether oxygens (including phenoxy) is 2. The SMILES string of the molecule is CCC1=C(C)c2cc3nc(c(-c4ccc(CO[C@H]5O[C@H](CO)[C@@H](O)[C@H](O)[C@@H]5O)cc4)c4[nH]c(cc5[nH]c(cc1n2)c(CC)c5C)c(CC)c4C)C(C)=C3CC. The lowest BCUT2D eigenvalue weighted by atomic mass is 9.95. The molecule has 1 aromatic carbocycles. The smallest absolute Gasteiger partial charge is 0.187 e. The number of H-pyrrole nitrogens is 2. The molecule has 3 aromatic heterocycles. The van der Waals surface area contributed by atoms with E-state index in [9.17, 15) is 20.4 Å². The molecule has 4 aromatic rings. The summed E-state index contributed by atoms with van der Waals surface area (Å²) in [6.07, 6.45) is -3.22. The van der Waals surface area contributed by atoms with Gasteiger partial charge in [-0.15, -0.1) is 0 Å². The Morgan fingerprint density at radius 3 is 1.96 bits per heavy atom. The van der Waals surface area contributed by atoms with Crippen molar-refractivity contribution < 1.29 is 29.9 Å². The first-order valence-corrected chi connectivity index (χ1v) is 19.6. The number of allylic oxidation sites excluding steroid dienone is 4. The molecule has 0 saturated carbocycles. The largest absolute Gasteiger partial charge is 0.394 e. The molecule has 7 rings (SSSR count). The molecule has 290 valence electrons. The Bertz CT molecular complexity index is 2350. The second-order valence-corrected chi connectivity index (χ2v) is 14.9. The minimum Gasteiger partial charge on any atom is -0.394 e. The third kappa shape index (κ3) is 6.79. The number of aromatic nitrogens is 4. The summed E-state index contributed by atoms with van der Waals surface area (Å²) in [6, 6.07) is 14.7. The van der Waals surface area contributed by atoms with Crippen LogP contribution in [0.3, 0.4) is 0 Å². The summed E-state index contributed by atoms with van der Waals surface area (Å²) in [5.74, 6) is 0. The van der Waals surface area contributed by atoms with Crippen LogP contribution in [0.15, 0.2) is 42.5 Å². The number of nitrogens with one attached hydrogen (secondary N) is 2. The van der Waals surface area contributed by atoms with Crippen LogP contribution in [0.25, 0.3) is 55.5 Å². The lowest BCUT2D eigenvalue weighted by Crippen LogP contribution is -2.59. The van der Waals surface area contributed by atoms with E-state index in [1.165, 1.54) is 39.0 Å². The van der Waals surface area contributed by atoms with Gasteiger partial charge in [0.05, 0.1) is 41.5 Å². The molecule has 1 saturated heterocycles. The third-order valence-corrected chi connectivity index (χ3v) is 11.8. The number of hydrogen-bond donors (Lipinski definition) is 6. The van der Waals surface area contributed by atoms with E-state index in [1.807, 2.05) is 12.1 Å². The summed E-state index contributed by atoms with van der Waals surface area (Å²) in [6.45, 7) is 17.1. The average Bonchev–Trinajstić information content (AvgIpc) is 3.86. The van der Waals surface area contributed by atoms with Gasteiger partial charge in [0.2, 0.25) is 0 Å². The van der Waals surface area contributed by atoms with Crippen LogP contribution >= 0.6 is 0 Å². The van der Waals surface area contributed by atoms with E-state index in [0.29, 0.717) is 0 Å². The van der Waals surface area contributed by atoms with Crippen LogP contribution in [0.2, 0.25) is 0 Å². The van der Waals surface area contributed by atoms with E-state index < -0.39 is 37.3 Å². The van der Waals surface area contributed by atoms with Crippen LogP contribution in [-0.4, -0.2) is 77.7 Å². The molecule has 10 heteroatoms. The van der Waals surface area contributed by atoms with Crippen LogP contribution in [0, 0.1) is 13.8 Å². The maximum atomic E-state index is 10.5. The molecule has 6 N–H and O–H groups in total. The highest BCUT2D eigenvalue weighted by molar-refractivity contribution is 6.01. The monoisotopic (exact) mass is 746 g/mol. The van der Waals surface area contributed by atoms with Crippen LogP contribution in [0.4, 0.5) is 0 Å². The normalized spacial score (nSPS) is 21.6. The van der Waals surface area contributed by atoms with E-state index in [4.69, 9.17) is 19.4 Å². The first-order chi connectivity index (χ1) is 26.4. The van der Waals surface area contributed by atoms with E-state index in [0.717, 1.165) is 92.8 Å². The zero-order valence-corrected chi connectivity index (χ0v) is 33.2. The first-order valence-electron chi connectivity index (χ1n) is 19.6. The lowest BCUT2D eigenvalue weighted by molar-refractivity contribution is -0.304. The van der Waals surface area contributed by atoms with Gasteiger partial charge in [0.25, 0.3) is 0 Å². The fourth-order valence-electron chi connectivity index (χ4n) is 8.60. The number of aromatic amines is 2. The molecule has 0 amide bonds. The van der Waals surface area contributed by atoms with Crippen molar-refractivity contribution in [2.75, 3.05) is 6.61 Å². The predicted octanol–water partition coefficient (Wildman–Crippen LogP) is 7.72. The summed E-state index contributed by atoms with van der Waals surface area (Å²) < 4.78 is 11.4. The van der Waals surface area contributed by atoms with Crippen LogP contribution in [0.1, 0.15) is 105 Å². The molecule has 3 aliphatic rings. The van der Waals surface area contributed by atoms with Crippen molar-refractivity contribution in [3.05, 3.63) is 93.1 Å². The Hall–Kier alpha value is -4.42. The molecule has 0 radical (unpaired) electrons. The van der Waals surface area contributed by atoms with Crippen molar-refractivity contribution in [2.45, 2.75) is 118 Å². The quantitative estimate of drug-likeness (QED) is 0.102. The minimum absolute atomic E-state index is 0.0774. The maximum absolute atomic E-state index is 10.5. The van der Waals surface area contributed by atoms with Crippen LogP contribution in [-0.2, 0) is 28.9 Å². The Labute approximate surface area is 322 Å². The van der Waals surface area contributed by atoms with Gasteiger partial charge in [-0.2, -0.15) is 0 Å². The topological polar surface area (TPSA) is 157 Å². The first kappa shape index (κ1) is 38.8. The Morgan fingerprint density at radius 1 is 0.673 bits per heavy atom. The molecule has 0 unspecified atom stereocenters. The van der Waals surface area contributed by atoms with Gasteiger partial charge in [0.1, 0.15) is 24.4 Å². The van der Waals surface area contributed by atoms with Crippen molar-refractivity contribution in [1.82, 2.24) is 19.9 Å². The second kappa shape index (κ2) is 15.6. The van der Waals surface area contributed by atoms with Gasteiger partial charge in [0.15, 0.2) is 6.29 Å². The molecule has 10 nitrogen and oxygen atoms in total. The lowest BCUT2D eigenvalue weighted by Gasteiger charge is -2.39. The summed E-state index contributed by atoms with van der Waals surface area (Å²) in [7, 11) is 0. The number of aryl methyl sites for hydroxylation is 4. The number of benzene rings is 1. The maximum Gasteiger partial charge on any atom is 0.187 e. The molecule has 0 aliphatic carbocycles. The molecule has 55 heavy (non-hydrogen) atoms. The Kier molecular flexibility index (Phi) is 11.0. The highest BCUT2D eigenvalue weighted by atomic mass is 16.7. The second-order valence-electron chi connectivity index (χ2n) is 14.9. The Morgan fingerprint density at radius 2 is 1.31 bits per heavy atom. The molecule has 1 fully saturated rings. The van der Waals surface area contributed by atoms with Crippen molar-refractivity contribution in [3.8, 4) is 11.1 Å². The van der Waals surface area contributed by atoms with Crippen LogP contribution in [0.5, 0.6) is 0 Å². The summed E-state index contributed by atoms with van der Waals surface area (Å²) in [5.41, 5.74) is 20.5. The molecule has 5 atom stereocenters. The number of aliphatic hydroxyl groups excluding tert-OH is 4. The van der Waals surface area contributed by atoms with Crippen molar-refractivity contribution >= 4 is 44.4 Å². The zero-order chi connectivity index (χ0) is 39.3. The van der Waals surface area contributed by atoms with E-state index >= 15 is 0 Å². The zero-order valence-electron chi connectivity index (χ0n) is 33.2. The van der Waals surface area contributed by atoms with Gasteiger partial charge in [-0.25, -0.2) is 9.97 Å². The molecular weight excluding hydrogens is 693 g/mol. The fraction of sp³-hybridized carbons (Fsp3) is 0.422. The highest BCUT2D eigenvalue weighted by Crippen LogP contribution is 2.42. The van der Waals surface area contributed by atoms with Gasteiger partial charge >= 0.3 is 0 Å². The third-order valence-electron chi connectivity index (χ3n) is 11.8. The molecule has 3 aliphatic heterocycles. The van der Waals surface area contributed by atoms with Crippen molar-refractivity contribution in [1.29, 1.82) is 0 Å². The molecular formula is C45H54N4O6. The molecule has 8 bridgehead atoms. The van der Waals surface area contributed by atoms with Gasteiger partial charge < -0.3 is 39.9 Å². The van der Waals surface area contributed by atoms with E-state index in [-0.39, 0.29) is 6.61 Å². The minimum atomic E-state index is -1.50. The van der Waals surface area contributed by atoms with Crippen molar-refractivity contribution in [2.24, 2.45) is 0 Å². The van der Waals surface area contributed by atoms with Crippen molar-refractivity contribution in [3.63, 3.8) is 0 Å². The van der Waals surface area contributed by atoms with Gasteiger partial charge in [-0.3, -0.25) is 0 Å². The number of nitrogens with zero attached hydrogens (tertiary/aromatic N) is 2. The average molecular weight is 747 g/mol. The van der Waals surface area contributed by atoms with Gasteiger partial charge in [0, 0.05) is 22.1 Å². The number of aliphatic hydroxyl groups is 4. The fourth-order valence-corrected chi connectivity index (χ4v) is 8.60. The molecule has 0 spiro atoms. The number of hydrogen-bond acceptors (Lipinski definition) is 8. The number of fused-ring (bicyclic) bond motifs is 8. The summed E-state index contributed by atoms with van der Waals surface area (Å²) in [5, 5.41) is 40.5.